The molecule has 0 spiro atoms. The van der Waals surface area contributed by atoms with E-state index in [1.54, 1.807) is 0 Å². The molecule has 116 valence electrons. The number of alkyl halides is 3. The molecule has 0 unspecified atom stereocenters. The molecule has 0 aromatic heterocycles. The number of rotatable bonds is 2. The number of benzene rings is 1. The molecule has 0 radical (unpaired) electrons. The maximum Gasteiger partial charge on any atom is 0.419 e. The molecule has 1 N–H and O–H groups in total. The van der Waals surface area contributed by atoms with Crippen molar-refractivity contribution in [3.63, 3.8) is 0 Å². The van der Waals surface area contributed by atoms with Crippen molar-refractivity contribution in [3.05, 3.63) is 35.1 Å². The number of halogens is 4. The third kappa shape index (κ3) is 3.21. The second kappa shape index (κ2) is 5.57. The summed E-state index contributed by atoms with van der Waals surface area (Å²) in [5, 5.41) is 3.46. The topological polar surface area (TPSA) is 15.3 Å². The van der Waals surface area contributed by atoms with Gasteiger partial charge in [0.05, 0.1) is 5.56 Å². The van der Waals surface area contributed by atoms with E-state index in [2.05, 4.69) is 10.2 Å². The van der Waals surface area contributed by atoms with Gasteiger partial charge in [-0.2, -0.15) is 13.2 Å². The van der Waals surface area contributed by atoms with Crippen molar-refractivity contribution in [1.82, 2.24) is 10.2 Å². The van der Waals surface area contributed by atoms with Crippen molar-refractivity contribution >= 4 is 0 Å². The van der Waals surface area contributed by atoms with Gasteiger partial charge in [0.25, 0.3) is 0 Å². The van der Waals surface area contributed by atoms with E-state index in [1.165, 1.54) is 12.5 Å². The fraction of sp³-hybridized carbons (Fsp3) is 0.600. The molecule has 0 saturated carbocycles. The van der Waals surface area contributed by atoms with Crippen LogP contribution in [0.5, 0.6) is 0 Å². The van der Waals surface area contributed by atoms with Crippen molar-refractivity contribution < 1.29 is 17.6 Å². The molecule has 6 heteroatoms. The minimum atomic E-state index is -4.64. The number of likely N-dealkylation sites (tertiary alicyclic amines) is 1. The Morgan fingerprint density at radius 1 is 1.24 bits per heavy atom. The normalized spacial score (nSPS) is 26.9. The van der Waals surface area contributed by atoms with Gasteiger partial charge in [-0.1, -0.05) is 6.07 Å². The van der Waals surface area contributed by atoms with Crippen molar-refractivity contribution in [2.75, 3.05) is 19.6 Å². The zero-order valence-electron chi connectivity index (χ0n) is 11.6. The van der Waals surface area contributed by atoms with Crippen LogP contribution in [0.1, 0.15) is 24.0 Å². The largest absolute Gasteiger partial charge is 0.419 e. The van der Waals surface area contributed by atoms with Crippen molar-refractivity contribution in [3.8, 4) is 0 Å². The summed E-state index contributed by atoms with van der Waals surface area (Å²) < 4.78 is 51.4. The van der Waals surface area contributed by atoms with Gasteiger partial charge < -0.3 is 5.32 Å². The summed E-state index contributed by atoms with van der Waals surface area (Å²) in [6, 6.07) is 3.74. The molecule has 2 atom stereocenters. The van der Waals surface area contributed by atoms with Crippen LogP contribution in [0, 0.1) is 11.7 Å². The SMILES string of the molecule is Fc1ccc(CN2C[C@@H]3CCCN[C@@H]3C2)cc1C(F)(F)F. The summed E-state index contributed by atoms with van der Waals surface area (Å²) in [4.78, 5) is 2.15. The van der Waals surface area contributed by atoms with E-state index in [1.807, 2.05) is 0 Å². The molecule has 0 bridgehead atoms. The Balaban J connectivity index is 1.71. The summed E-state index contributed by atoms with van der Waals surface area (Å²) in [5.41, 5.74) is -0.655. The Labute approximate surface area is 121 Å². The van der Waals surface area contributed by atoms with Gasteiger partial charge in [0, 0.05) is 25.7 Å². The van der Waals surface area contributed by atoms with E-state index in [0.717, 1.165) is 38.2 Å². The first kappa shape index (κ1) is 14.8. The molecule has 0 amide bonds. The van der Waals surface area contributed by atoms with E-state index in [4.69, 9.17) is 0 Å². The van der Waals surface area contributed by atoms with Gasteiger partial charge in [-0.3, -0.25) is 4.90 Å². The van der Waals surface area contributed by atoms with Gasteiger partial charge in [-0.15, -0.1) is 0 Å². The second-order valence-corrected chi connectivity index (χ2v) is 5.97. The van der Waals surface area contributed by atoms with Gasteiger partial charge >= 0.3 is 6.18 Å². The van der Waals surface area contributed by atoms with Crippen LogP contribution in [0.15, 0.2) is 18.2 Å². The maximum absolute atomic E-state index is 13.3. The maximum atomic E-state index is 13.3. The first-order valence-electron chi connectivity index (χ1n) is 7.25. The van der Waals surface area contributed by atoms with Crippen LogP contribution in [-0.2, 0) is 12.7 Å². The van der Waals surface area contributed by atoms with Gasteiger partial charge in [0.2, 0.25) is 0 Å². The van der Waals surface area contributed by atoms with Crippen LogP contribution in [0.2, 0.25) is 0 Å². The molecular weight excluding hydrogens is 284 g/mol. The van der Waals surface area contributed by atoms with E-state index < -0.39 is 17.6 Å². The predicted octanol–water partition coefficient (Wildman–Crippen LogP) is 3.03. The minimum Gasteiger partial charge on any atom is -0.312 e. The van der Waals surface area contributed by atoms with Crippen LogP contribution >= 0.6 is 0 Å². The fourth-order valence-electron chi connectivity index (χ4n) is 3.41. The Morgan fingerprint density at radius 2 is 2.05 bits per heavy atom. The molecule has 2 nitrogen and oxygen atoms in total. The fourth-order valence-corrected chi connectivity index (χ4v) is 3.41. The number of piperidine rings is 1. The second-order valence-electron chi connectivity index (χ2n) is 5.97. The number of fused-ring (bicyclic) bond motifs is 1. The van der Waals surface area contributed by atoms with E-state index in [-0.39, 0.29) is 0 Å². The highest BCUT2D eigenvalue weighted by Gasteiger charge is 2.36. The van der Waals surface area contributed by atoms with Crippen molar-refractivity contribution in [2.45, 2.75) is 31.6 Å². The molecule has 2 saturated heterocycles. The minimum absolute atomic E-state index is 0.443. The number of nitrogens with zero attached hydrogens (tertiary/aromatic N) is 1. The molecule has 2 fully saturated rings. The van der Waals surface area contributed by atoms with E-state index in [0.29, 0.717) is 24.1 Å². The quantitative estimate of drug-likeness (QED) is 0.845. The van der Waals surface area contributed by atoms with Crippen LogP contribution in [0.3, 0.4) is 0 Å². The molecule has 1 aromatic carbocycles. The lowest BCUT2D eigenvalue weighted by Crippen LogP contribution is -2.40. The molecule has 3 rings (SSSR count). The van der Waals surface area contributed by atoms with Crippen molar-refractivity contribution in [2.24, 2.45) is 5.92 Å². The van der Waals surface area contributed by atoms with Gasteiger partial charge in [-0.05, 0) is 43.0 Å². The molecule has 1 aromatic rings. The monoisotopic (exact) mass is 302 g/mol. The summed E-state index contributed by atoms with van der Waals surface area (Å²) in [6.45, 7) is 3.21. The first-order valence-corrected chi connectivity index (χ1v) is 7.25. The first-order chi connectivity index (χ1) is 9.93. The van der Waals surface area contributed by atoms with Crippen LogP contribution in [0.4, 0.5) is 17.6 Å². The molecule has 2 aliphatic rings. The molecule has 0 aliphatic carbocycles. The van der Waals surface area contributed by atoms with Crippen LogP contribution in [-0.4, -0.2) is 30.6 Å². The molecule has 2 heterocycles. The third-order valence-corrected chi connectivity index (χ3v) is 4.42. The lowest BCUT2D eigenvalue weighted by molar-refractivity contribution is -0.140. The van der Waals surface area contributed by atoms with Gasteiger partial charge in [-0.25, -0.2) is 4.39 Å². The smallest absolute Gasteiger partial charge is 0.312 e. The average molecular weight is 302 g/mol. The highest BCUT2D eigenvalue weighted by Crippen LogP contribution is 2.33. The Morgan fingerprint density at radius 3 is 2.76 bits per heavy atom. The zero-order chi connectivity index (χ0) is 15.0. The van der Waals surface area contributed by atoms with Crippen LogP contribution < -0.4 is 5.32 Å². The highest BCUT2D eigenvalue weighted by atomic mass is 19.4. The lowest BCUT2D eigenvalue weighted by Gasteiger charge is -2.24. The van der Waals surface area contributed by atoms with E-state index in [9.17, 15) is 17.6 Å². The number of nitrogens with one attached hydrogen (secondary N) is 1. The highest BCUT2D eigenvalue weighted by molar-refractivity contribution is 5.27. The summed E-state index contributed by atoms with van der Waals surface area (Å²) >= 11 is 0. The Bertz CT molecular complexity index is 501. The standard InChI is InChI=1S/C15H18F4N2/c16-13-4-3-10(6-12(13)15(17,18)19)7-21-8-11-2-1-5-20-14(11)9-21/h3-4,6,11,14,20H,1-2,5,7-9H2/t11-,14+/m0/s1. The van der Waals surface area contributed by atoms with Crippen molar-refractivity contribution in [1.29, 1.82) is 0 Å². The Hall–Kier alpha value is -1.14. The third-order valence-electron chi connectivity index (χ3n) is 4.42. The molecule has 21 heavy (non-hydrogen) atoms. The summed E-state index contributed by atoms with van der Waals surface area (Å²) in [6.07, 6.45) is -2.31. The van der Waals surface area contributed by atoms with Gasteiger partial charge in [0.1, 0.15) is 5.82 Å². The summed E-state index contributed by atoms with van der Waals surface area (Å²) in [7, 11) is 0. The predicted molar refractivity (Wildman–Crippen MR) is 71.2 cm³/mol. The van der Waals surface area contributed by atoms with E-state index >= 15 is 0 Å². The summed E-state index contributed by atoms with van der Waals surface area (Å²) in [5.74, 6) is -0.621. The van der Waals surface area contributed by atoms with Crippen LogP contribution in [0.25, 0.3) is 0 Å². The molecular formula is C15H18F4N2. The molecule has 2 aliphatic heterocycles. The average Bonchev–Trinajstić information content (AvgIpc) is 2.82. The number of hydrogen-bond acceptors (Lipinski definition) is 2. The number of hydrogen-bond donors (Lipinski definition) is 1. The lowest BCUT2D eigenvalue weighted by atomic mass is 9.94. The Kier molecular flexibility index (Phi) is 3.92. The van der Waals surface area contributed by atoms with Gasteiger partial charge in [0.15, 0.2) is 0 Å². The zero-order valence-corrected chi connectivity index (χ0v) is 11.6.